The summed E-state index contributed by atoms with van der Waals surface area (Å²) in [6.45, 7) is 3.23. The molecule has 1 aromatic carbocycles. The maximum atomic E-state index is 11.8. The molecule has 0 aromatic heterocycles. The summed E-state index contributed by atoms with van der Waals surface area (Å²) < 4.78 is 11.0. The summed E-state index contributed by atoms with van der Waals surface area (Å²) in [5.74, 6) is 0.670. The molecule has 1 N–H and O–H groups in total. The van der Waals surface area contributed by atoms with Crippen LogP contribution in [0.1, 0.15) is 30.9 Å². The SMILES string of the molecule is CCOC(=O)C1CCc2ccc3c(c2O1)CCCN3. The molecule has 4 nitrogen and oxygen atoms in total. The fourth-order valence-electron chi connectivity index (χ4n) is 2.81. The lowest BCUT2D eigenvalue weighted by Gasteiger charge is -2.29. The Hall–Kier alpha value is -1.71. The molecular formula is C15H19NO3. The second kappa shape index (κ2) is 5.11. The first-order chi connectivity index (χ1) is 9.29. The largest absolute Gasteiger partial charge is 0.478 e. The van der Waals surface area contributed by atoms with Crippen molar-refractivity contribution in [3.63, 3.8) is 0 Å². The third-order valence-electron chi connectivity index (χ3n) is 3.75. The van der Waals surface area contributed by atoms with Crippen molar-refractivity contribution >= 4 is 11.7 Å². The van der Waals surface area contributed by atoms with Crippen molar-refractivity contribution in [3.05, 3.63) is 23.3 Å². The smallest absolute Gasteiger partial charge is 0.347 e. The van der Waals surface area contributed by atoms with E-state index in [1.807, 2.05) is 6.92 Å². The number of hydrogen-bond acceptors (Lipinski definition) is 4. The highest BCUT2D eigenvalue weighted by molar-refractivity contribution is 5.76. The van der Waals surface area contributed by atoms with Crippen molar-refractivity contribution in [2.45, 2.75) is 38.7 Å². The Labute approximate surface area is 113 Å². The maximum absolute atomic E-state index is 11.8. The number of hydrogen-bond donors (Lipinski definition) is 1. The molecule has 0 spiro atoms. The summed E-state index contributed by atoms with van der Waals surface area (Å²) >= 11 is 0. The molecule has 0 fully saturated rings. The van der Waals surface area contributed by atoms with E-state index in [2.05, 4.69) is 17.4 Å². The topological polar surface area (TPSA) is 47.6 Å². The summed E-state index contributed by atoms with van der Waals surface area (Å²) in [6.07, 6.45) is 3.27. The van der Waals surface area contributed by atoms with E-state index in [0.717, 1.165) is 37.2 Å². The van der Waals surface area contributed by atoms with Gasteiger partial charge >= 0.3 is 5.97 Å². The van der Waals surface area contributed by atoms with Crippen molar-refractivity contribution in [2.75, 3.05) is 18.5 Å². The number of rotatable bonds is 2. The minimum absolute atomic E-state index is 0.241. The number of carbonyl (C=O) groups excluding carboxylic acids is 1. The zero-order chi connectivity index (χ0) is 13.2. The number of anilines is 1. The summed E-state index contributed by atoms with van der Waals surface area (Å²) in [6, 6.07) is 4.23. The molecule has 102 valence electrons. The van der Waals surface area contributed by atoms with Gasteiger partial charge in [0.25, 0.3) is 0 Å². The van der Waals surface area contributed by atoms with Crippen molar-refractivity contribution < 1.29 is 14.3 Å². The van der Waals surface area contributed by atoms with E-state index < -0.39 is 6.10 Å². The van der Waals surface area contributed by atoms with Crippen molar-refractivity contribution in [1.82, 2.24) is 0 Å². The van der Waals surface area contributed by atoms with Gasteiger partial charge in [-0.05, 0) is 44.2 Å². The summed E-state index contributed by atoms with van der Waals surface area (Å²) in [4.78, 5) is 11.8. The quantitative estimate of drug-likeness (QED) is 0.830. The van der Waals surface area contributed by atoms with Crippen LogP contribution in [0.5, 0.6) is 5.75 Å². The van der Waals surface area contributed by atoms with Crippen LogP contribution in [0.25, 0.3) is 0 Å². The Morgan fingerprint density at radius 3 is 3.21 bits per heavy atom. The average Bonchev–Trinajstić information content (AvgIpc) is 2.47. The van der Waals surface area contributed by atoms with Gasteiger partial charge in [-0.1, -0.05) is 6.07 Å². The van der Waals surface area contributed by atoms with Crippen molar-refractivity contribution in [1.29, 1.82) is 0 Å². The highest BCUT2D eigenvalue weighted by Gasteiger charge is 2.30. The zero-order valence-corrected chi connectivity index (χ0v) is 11.2. The van der Waals surface area contributed by atoms with Gasteiger partial charge < -0.3 is 14.8 Å². The first-order valence-corrected chi connectivity index (χ1v) is 7.01. The molecule has 1 unspecified atom stereocenters. The molecule has 2 heterocycles. The van der Waals surface area contributed by atoms with Crippen LogP contribution in [0.3, 0.4) is 0 Å². The molecule has 3 rings (SSSR count). The number of aryl methyl sites for hydroxylation is 1. The Morgan fingerprint density at radius 2 is 2.37 bits per heavy atom. The normalized spacial score (nSPS) is 20.6. The Balaban J connectivity index is 1.88. The Morgan fingerprint density at radius 1 is 1.47 bits per heavy atom. The number of esters is 1. The van der Waals surface area contributed by atoms with E-state index in [-0.39, 0.29) is 5.97 Å². The molecule has 4 heteroatoms. The van der Waals surface area contributed by atoms with E-state index >= 15 is 0 Å². The van der Waals surface area contributed by atoms with Gasteiger partial charge in [0.1, 0.15) is 5.75 Å². The molecule has 19 heavy (non-hydrogen) atoms. The average molecular weight is 261 g/mol. The second-order valence-corrected chi connectivity index (χ2v) is 5.01. The van der Waals surface area contributed by atoms with E-state index in [0.29, 0.717) is 13.0 Å². The standard InChI is InChI=1S/C15H19NO3/c1-2-18-15(17)13-8-6-10-5-7-12-11(14(10)19-13)4-3-9-16-12/h5,7,13,16H,2-4,6,8-9H2,1H3. The highest BCUT2D eigenvalue weighted by Crippen LogP contribution is 2.38. The monoisotopic (exact) mass is 261 g/mol. The summed E-state index contributed by atoms with van der Waals surface area (Å²) in [5.41, 5.74) is 3.58. The van der Waals surface area contributed by atoms with E-state index in [1.165, 1.54) is 11.1 Å². The third kappa shape index (κ3) is 2.27. The Kier molecular flexibility index (Phi) is 3.32. The van der Waals surface area contributed by atoms with Gasteiger partial charge in [-0.15, -0.1) is 0 Å². The van der Waals surface area contributed by atoms with E-state index in [1.54, 1.807) is 0 Å². The molecule has 2 aliphatic rings. The number of carbonyl (C=O) groups is 1. The number of benzene rings is 1. The fourth-order valence-corrected chi connectivity index (χ4v) is 2.81. The van der Waals surface area contributed by atoms with E-state index in [4.69, 9.17) is 9.47 Å². The predicted molar refractivity (Wildman–Crippen MR) is 72.6 cm³/mol. The van der Waals surface area contributed by atoms with Gasteiger partial charge in [0.05, 0.1) is 6.61 Å². The molecule has 0 saturated heterocycles. The highest BCUT2D eigenvalue weighted by atomic mass is 16.6. The maximum Gasteiger partial charge on any atom is 0.347 e. The molecule has 1 aromatic rings. The van der Waals surface area contributed by atoms with Gasteiger partial charge in [-0.3, -0.25) is 0 Å². The molecule has 2 aliphatic heterocycles. The van der Waals surface area contributed by atoms with Crippen LogP contribution < -0.4 is 10.1 Å². The first-order valence-electron chi connectivity index (χ1n) is 7.01. The minimum atomic E-state index is -0.444. The predicted octanol–water partition coefficient (Wildman–Crippen LogP) is 2.30. The lowest BCUT2D eigenvalue weighted by Crippen LogP contribution is -2.33. The van der Waals surface area contributed by atoms with Crippen LogP contribution >= 0.6 is 0 Å². The number of nitrogens with one attached hydrogen (secondary N) is 1. The van der Waals surface area contributed by atoms with Crippen molar-refractivity contribution in [3.8, 4) is 5.75 Å². The van der Waals surface area contributed by atoms with Crippen molar-refractivity contribution in [2.24, 2.45) is 0 Å². The molecular weight excluding hydrogens is 242 g/mol. The molecule has 1 atom stereocenters. The molecule has 0 amide bonds. The first kappa shape index (κ1) is 12.3. The van der Waals surface area contributed by atoms with Crippen LogP contribution in [0.2, 0.25) is 0 Å². The second-order valence-electron chi connectivity index (χ2n) is 5.01. The van der Waals surface area contributed by atoms with Gasteiger partial charge in [0.15, 0.2) is 6.10 Å². The van der Waals surface area contributed by atoms with Crippen LogP contribution in [0.4, 0.5) is 5.69 Å². The lowest BCUT2D eigenvalue weighted by atomic mass is 9.94. The summed E-state index contributed by atoms with van der Waals surface area (Å²) in [5, 5.41) is 3.39. The van der Waals surface area contributed by atoms with Crippen LogP contribution in [0, 0.1) is 0 Å². The number of fused-ring (bicyclic) bond motifs is 3. The Bertz CT molecular complexity index is 498. The zero-order valence-electron chi connectivity index (χ0n) is 11.2. The van der Waals surface area contributed by atoms with Crippen LogP contribution in [0.15, 0.2) is 12.1 Å². The number of ether oxygens (including phenoxy) is 2. The van der Waals surface area contributed by atoms with Gasteiger partial charge in [0, 0.05) is 17.8 Å². The molecule has 0 radical (unpaired) electrons. The van der Waals surface area contributed by atoms with E-state index in [9.17, 15) is 4.79 Å². The van der Waals surface area contributed by atoms with Gasteiger partial charge in [-0.25, -0.2) is 4.79 Å². The fraction of sp³-hybridized carbons (Fsp3) is 0.533. The van der Waals surface area contributed by atoms with Crippen LogP contribution in [-0.2, 0) is 22.4 Å². The minimum Gasteiger partial charge on any atom is -0.478 e. The van der Waals surface area contributed by atoms with Gasteiger partial charge in [-0.2, -0.15) is 0 Å². The van der Waals surface area contributed by atoms with Gasteiger partial charge in [0.2, 0.25) is 0 Å². The summed E-state index contributed by atoms with van der Waals surface area (Å²) in [7, 11) is 0. The molecule has 0 aliphatic carbocycles. The molecule has 0 saturated carbocycles. The van der Waals surface area contributed by atoms with Crippen LogP contribution in [-0.4, -0.2) is 25.2 Å². The lowest BCUT2D eigenvalue weighted by molar-refractivity contribution is -0.152. The third-order valence-corrected chi connectivity index (χ3v) is 3.75. The molecule has 0 bridgehead atoms.